The Morgan fingerprint density at radius 1 is 0.968 bits per heavy atom. The zero-order valence-corrected chi connectivity index (χ0v) is 18.6. The molecule has 0 aromatic heterocycles. The van der Waals surface area contributed by atoms with Gasteiger partial charge in [-0.3, -0.25) is 14.4 Å². The molecule has 1 heterocycles. The van der Waals surface area contributed by atoms with E-state index in [1.54, 1.807) is 24.0 Å². The molecule has 0 unspecified atom stereocenters. The summed E-state index contributed by atoms with van der Waals surface area (Å²) in [5.41, 5.74) is 0.818. The number of amides is 1. The standard InChI is InChI=1S/C22H31NO8/c1-5-30-22(26)16-8-10-23(11-9-16)19(24)14-31-20(25)7-6-15-12-17(27-2)21(29-4)18(13-15)28-3/h12-13,16H,5-11,14H2,1-4H3. The van der Waals surface area contributed by atoms with Crippen molar-refractivity contribution in [2.45, 2.75) is 32.6 Å². The zero-order valence-electron chi connectivity index (χ0n) is 18.6. The summed E-state index contributed by atoms with van der Waals surface area (Å²) in [6.45, 7) is 2.71. The van der Waals surface area contributed by atoms with Crippen molar-refractivity contribution in [1.82, 2.24) is 4.90 Å². The molecule has 31 heavy (non-hydrogen) atoms. The van der Waals surface area contributed by atoms with Crippen LogP contribution in [-0.4, -0.2) is 70.4 Å². The highest BCUT2D eigenvalue weighted by atomic mass is 16.5. The van der Waals surface area contributed by atoms with Crippen LogP contribution in [0.4, 0.5) is 0 Å². The number of nitrogens with zero attached hydrogens (tertiary/aromatic N) is 1. The maximum absolute atomic E-state index is 12.3. The highest BCUT2D eigenvalue weighted by Gasteiger charge is 2.28. The van der Waals surface area contributed by atoms with Gasteiger partial charge in [-0.05, 0) is 43.9 Å². The van der Waals surface area contributed by atoms with E-state index in [-0.39, 0.29) is 30.8 Å². The summed E-state index contributed by atoms with van der Waals surface area (Å²) in [7, 11) is 4.57. The lowest BCUT2D eigenvalue weighted by Crippen LogP contribution is -2.42. The van der Waals surface area contributed by atoms with Crippen molar-refractivity contribution in [3.05, 3.63) is 17.7 Å². The molecule has 172 valence electrons. The van der Waals surface area contributed by atoms with Crippen molar-refractivity contribution < 1.29 is 38.1 Å². The normalized spacial score (nSPS) is 14.0. The summed E-state index contributed by atoms with van der Waals surface area (Å²) in [5, 5.41) is 0. The van der Waals surface area contributed by atoms with Crippen LogP contribution in [0.25, 0.3) is 0 Å². The fraction of sp³-hybridized carbons (Fsp3) is 0.591. The molecule has 1 aromatic rings. The number of hydrogen-bond acceptors (Lipinski definition) is 8. The number of hydrogen-bond donors (Lipinski definition) is 0. The van der Waals surface area contributed by atoms with Crippen molar-refractivity contribution in [3.8, 4) is 17.2 Å². The first-order valence-electron chi connectivity index (χ1n) is 10.3. The first-order valence-corrected chi connectivity index (χ1v) is 10.3. The molecule has 1 aliphatic heterocycles. The number of piperidine rings is 1. The van der Waals surface area contributed by atoms with E-state index in [9.17, 15) is 14.4 Å². The summed E-state index contributed by atoms with van der Waals surface area (Å²) >= 11 is 0. The average Bonchev–Trinajstić information content (AvgIpc) is 2.80. The Morgan fingerprint density at radius 2 is 1.58 bits per heavy atom. The maximum atomic E-state index is 12.3. The van der Waals surface area contributed by atoms with Gasteiger partial charge in [0.25, 0.3) is 5.91 Å². The lowest BCUT2D eigenvalue weighted by Gasteiger charge is -2.30. The number of ether oxygens (including phenoxy) is 5. The van der Waals surface area contributed by atoms with Crippen LogP contribution in [0.1, 0.15) is 31.7 Å². The lowest BCUT2D eigenvalue weighted by atomic mass is 9.97. The van der Waals surface area contributed by atoms with Gasteiger partial charge in [-0.2, -0.15) is 0 Å². The van der Waals surface area contributed by atoms with E-state index in [1.807, 2.05) is 0 Å². The van der Waals surface area contributed by atoms with Crippen LogP contribution in [-0.2, 0) is 30.3 Å². The average molecular weight is 437 g/mol. The number of carbonyl (C=O) groups excluding carboxylic acids is 3. The van der Waals surface area contributed by atoms with Gasteiger partial charge in [0.15, 0.2) is 18.1 Å². The van der Waals surface area contributed by atoms with E-state index in [2.05, 4.69) is 0 Å². The fourth-order valence-electron chi connectivity index (χ4n) is 3.46. The van der Waals surface area contributed by atoms with E-state index in [0.717, 1.165) is 5.56 Å². The monoisotopic (exact) mass is 437 g/mol. The van der Waals surface area contributed by atoms with Gasteiger partial charge < -0.3 is 28.6 Å². The third-order valence-electron chi connectivity index (χ3n) is 5.17. The number of likely N-dealkylation sites (tertiary alicyclic amines) is 1. The van der Waals surface area contributed by atoms with Crippen molar-refractivity contribution >= 4 is 17.8 Å². The summed E-state index contributed by atoms with van der Waals surface area (Å²) in [6.07, 6.45) is 1.62. The summed E-state index contributed by atoms with van der Waals surface area (Å²) in [5.74, 6) is 0.372. The number of esters is 2. The molecule has 2 rings (SSSR count). The molecule has 0 N–H and O–H groups in total. The van der Waals surface area contributed by atoms with Crippen molar-refractivity contribution in [3.63, 3.8) is 0 Å². The Morgan fingerprint density at radius 3 is 2.10 bits per heavy atom. The van der Waals surface area contributed by atoms with E-state index in [4.69, 9.17) is 23.7 Å². The molecule has 1 amide bonds. The van der Waals surface area contributed by atoms with Gasteiger partial charge >= 0.3 is 11.9 Å². The smallest absolute Gasteiger partial charge is 0.309 e. The largest absolute Gasteiger partial charge is 0.493 e. The Hall–Kier alpha value is -2.97. The highest BCUT2D eigenvalue weighted by Crippen LogP contribution is 2.38. The van der Waals surface area contributed by atoms with Crippen LogP contribution in [0.2, 0.25) is 0 Å². The quantitative estimate of drug-likeness (QED) is 0.513. The van der Waals surface area contributed by atoms with Crippen LogP contribution >= 0.6 is 0 Å². The molecular formula is C22H31NO8. The molecule has 9 heteroatoms. The molecule has 0 saturated carbocycles. The number of carbonyl (C=O) groups is 3. The maximum Gasteiger partial charge on any atom is 0.309 e. The Balaban J connectivity index is 1.78. The molecule has 1 aromatic carbocycles. The van der Waals surface area contributed by atoms with Crippen molar-refractivity contribution in [2.75, 3.05) is 47.6 Å². The second-order valence-electron chi connectivity index (χ2n) is 7.10. The minimum absolute atomic E-state index is 0.108. The topological polar surface area (TPSA) is 101 Å². The molecule has 0 bridgehead atoms. The summed E-state index contributed by atoms with van der Waals surface area (Å²) in [4.78, 5) is 37.8. The van der Waals surface area contributed by atoms with E-state index in [1.165, 1.54) is 21.3 Å². The Kier molecular flexibility index (Phi) is 9.42. The molecular weight excluding hydrogens is 406 g/mol. The SMILES string of the molecule is CCOC(=O)C1CCN(C(=O)COC(=O)CCc2cc(OC)c(OC)c(OC)c2)CC1. The van der Waals surface area contributed by atoms with Gasteiger partial charge in [-0.15, -0.1) is 0 Å². The molecule has 0 aliphatic carbocycles. The second-order valence-corrected chi connectivity index (χ2v) is 7.10. The van der Waals surface area contributed by atoms with Gasteiger partial charge in [-0.1, -0.05) is 0 Å². The van der Waals surface area contributed by atoms with Gasteiger partial charge in [0.2, 0.25) is 5.75 Å². The molecule has 9 nitrogen and oxygen atoms in total. The molecule has 0 radical (unpaired) electrons. The number of aryl methyl sites for hydroxylation is 1. The predicted molar refractivity (Wildman–Crippen MR) is 111 cm³/mol. The zero-order chi connectivity index (χ0) is 22.8. The van der Waals surface area contributed by atoms with Crippen LogP contribution in [0, 0.1) is 5.92 Å². The van der Waals surface area contributed by atoms with Crippen LogP contribution in [0.5, 0.6) is 17.2 Å². The van der Waals surface area contributed by atoms with Gasteiger partial charge in [0, 0.05) is 19.5 Å². The van der Waals surface area contributed by atoms with Crippen LogP contribution in [0.3, 0.4) is 0 Å². The molecule has 1 aliphatic rings. The van der Waals surface area contributed by atoms with Gasteiger partial charge in [-0.25, -0.2) is 0 Å². The van der Waals surface area contributed by atoms with Crippen LogP contribution < -0.4 is 14.2 Å². The predicted octanol–water partition coefficient (Wildman–Crippen LogP) is 1.99. The van der Waals surface area contributed by atoms with Crippen molar-refractivity contribution in [2.24, 2.45) is 5.92 Å². The second kappa shape index (κ2) is 12.0. The van der Waals surface area contributed by atoms with Crippen LogP contribution in [0.15, 0.2) is 12.1 Å². The Bertz CT molecular complexity index is 746. The number of methoxy groups -OCH3 is 3. The molecule has 0 spiro atoms. The number of benzene rings is 1. The van der Waals surface area contributed by atoms with Gasteiger partial charge in [0.1, 0.15) is 0 Å². The highest BCUT2D eigenvalue weighted by molar-refractivity contribution is 5.81. The minimum Gasteiger partial charge on any atom is -0.493 e. The Labute approximate surface area is 182 Å². The molecule has 0 atom stereocenters. The first-order chi connectivity index (χ1) is 14.9. The first kappa shape index (κ1) is 24.3. The fourth-order valence-corrected chi connectivity index (χ4v) is 3.46. The molecule has 1 fully saturated rings. The third kappa shape index (κ3) is 6.77. The summed E-state index contributed by atoms with van der Waals surface area (Å²) < 4.78 is 26.1. The summed E-state index contributed by atoms with van der Waals surface area (Å²) in [6, 6.07) is 3.54. The third-order valence-corrected chi connectivity index (χ3v) is 5.17. The molecule has 1 saturated heterocycles. The number of rotatable bonds is 10. The van der Waals surface area contributed by atoms with E-state index >= 15 is 0 Å². The minimum atomic E-state index is -0.469. The lowest BCUT2D eigenvalue weighted by molar-refractivity contribution is -0.154. The van der Waals surface area contributed by atoms with E-state index in [0.29, 0.717) is 56.2 Å². The van der Waals surface area contributed by atoms with Crippen molar-refractivity contribution in [1.29, 1.82) is 0 Å². The van der Waals surface area contributed by atoms with Gasteiger partial charge in [0.05, 0.1) is 33.9 Å². The van der Waals surface area contributed by atoms with E-state index < -0.39 is 5.97 Å².